The number of hydrogen-bond acceptors (Lipinski definition) is 4. The summed E-state index contributed by atoms with van der Waals surface area (Å²) in [4.78, 5) is 13.5. The maximum absolute atomic E-state index is 15.2. The van der Waals surface area contributed by atoms with Gasteiger partial charge in [-0.1, -0.05) is 13.0 Å². The van der Waals surface area contributed by atoms with Gasteiger partial charge in [-0.3, -0.25) is 4.90 Å². The Balaban J connectivity index is 1.84. The second kappa shape index (κ2) is 6.02. The van der Waals surface area contributed by atoms with E-state index in [0.29, 0.717) is 17.8 Å². The molecule has 0 unspecified atom stereocenters. The fraction of sp³-hybridized carbons (Fsp3) is 0.588. The van der Waals surface area contributed by atoms with Crippen molar-refractivity contribution in [3.8, 4) is 0 Å². The molecule has 1 amide bonds. The topological polar surface area (TPSA) is 63.7 Å². The first-order valence-electron chi connectivity index (χ1n) is 8.23. The molecule has 2 heterocycles. The van der Waals surface area contributed by atoms with Gasteiger partial charge >= 0.3 is 6.09 Å². The molecule has 0 saturated carbocycles. The molecular formula is C17H22FNO4S. The second-order valence-electron chi connectivity index (χ2n) is 6.64. The molecule has 5 nitrogen and oxygen atoms in total. The first kappa shape index (κ1) is 17.2. The zero-order chi connectivity index (χ0) is 17.5. The molecule has 0 aromatic heterocycles. The molecule has 2 saturated heterocycles. The molecule has 3 rings (SSSR count). The summed E-state index contributed by atoms with van der Waals surface area (Å²) in [5.74, 6) is -0.247. The molecule has 2 fully saturated rings. The van der Waals surface area contributed by atoms with Gasteiger partial charge < -0.3 is 4.74 Å². The summed E-state index contributed by atoms with van der Waals surface area (Å²) in [6, 6.07) is 5.17. The molecule has 0 aliphatic carbocycles. The Morgan fingerprint density at radius 3 is 2.54 bits per heavy atom. The number of nitrogens with zero attached hydrogens (tertiary/aromatic N) is 1. The number of carbonyl (C=O) groups excluding carboxylic acids is 1. The number of ether oxygens (including phenoxy) is 1. The number of hydrogen-bond donors (Lipinski definition) is 0. The van der Waals surface area contributed by atoms with Gasteiger partial charge in [0, 0.05) is 5.69 Å². The van der Waals surface area contributed by atoms with Crippen molar-refractivity contribution in [2.24, 2.45) is 0 Å². The predicted molar refractivity (Wildman–Crippen MR) is 89.8 cm³/mol. The predicted octanol–water partition coefficient (Wildman–Crippen LogP) is 3.10. The van der Waals surface area contributed by atoms with Crippen molar-refractivity contribution in [3.63, 3.8) is 0 Å². The molecule has 2 aliphatic rings. The highest BCUT2D eigenvalue weighted by molar-refractivity contribution is 7.91. The number of amides is 1. The van der Waals surface area contributed by atoms with E-state index >= 15 is 4.39 Å². The number of carbonyl (C=O) groups is 1. The summed E-state index contributed by atoms with van der Waals surface area (Å²) in [5.41, 5.74) is 0.304. The lowest BCUT2D eigenvalue weighted by molar-refractivity contribution is 0.139. The van der Waals surface area contributed by atoms with Crippen LogP contribution >= 0.6 is 0 Å². The highest BCUT2D eigenvalue weighted by Gasteiger charge is 2.40. The minimum Gasteiger partial charge on any atom is -0.444 e. The summed E-state index contributed by atoms with van der Waals surface area (Å²) in [7, 11) is -3.12. The van der Waals surface area contributed by atoms with Crippen molar-refractivity contribution in [1.82, 2.24) is 0 Å². The molecule has 0 N–H and O–H groups in total. The third-order valence-corrected chi connectivity index (χ3v) is 6.60. The fourth-order valence-corrected chi connectivity index (χ4v) is 4.87. The monoisotopic (exact) mass is 355 g/mol. The zero-order valence-electron chi connectivity index (χ0n) is 13.9. The van der Waals surface area contributed by atoms with E-state index in [0.717, 1.165) is 12.0 Å². The lowest BCUT2D eigenvalue weighted by Gasteiger charge is -2.31. The minimum atomic E-state index is -3.12. The average Bonchev–Trinajstić information content (AvgIpc) is 2.91. The van der Waals surface area contributed by atoms with Crippen LogP contribution in [0.15, 0.2) is 18.2 Å². The largest absolute Gasteiger partial charge is 0.444 e. The summed E-state index contributed by atoms with van der Waals surface area (Å²) in [6.07, 6.45) is 0.223. The van der Waals surface area contributed by atoms with Crippen molar-refractivity contribution < 1.29 is 22.3 Å². The van der Waals surface area contributed by atoms with Gasteiger partial charge in [0.2, 0.25) is 0 Å². The number of aryl methyl sites for hydroxylation is 1. The Kier molecular flexibility index (Phi) is 4.32. The third-order valence-electron chi connectivity index (χ3n) is 4.95. The molecule has 0 radical (unpaired) electrons. The summed E-state index contributed by atoms with van der Waals surface area (Å²) >= 11 is 0. The van der Waals surface area contributed by atoms with E-state index < -0.39 is 15.5 Å². The number of cyclic esters (lactones) is 1. The van der Waals surface area contributed by atoms with Crippen LogP contribution in [0.5, 0.6) is 0 Å². The number of rotatable bonds is 3. The molecular weight excluding hydrogens is 333 g/mol. The molecule has 2 aliphatic heterocycles. The maximum Gasteiger partial charge on any atom is 0.414 e. The van der Waals surface area contributed by atoms with Gasteiger partial charge in [-0.05, 0) is 49.4 Å². The normalized spacial score (nSPS) is 25.5. The van der Waals surface area contributed by atoms with Crippen LogP contribution in [0, 0.1) is 6.92 Å². The highest BCUT2D eigenvalue weighted by atomic mass is 32.2. The van der Waals surface area contributed by atoms with E-state index in [1.807, 2.05) is 6.92 Å². The van der Waals surface area contributed by atoms with Crippen LogP contribution in [0.2, 0.25) is 0 Å². The smallest absolute Gasteiger partial charge is 0.414 e. The van der Waals surface area contributed by atoms with Crippen molar-refractivity contribution >= 4 is 21.6 Å². The van der Waals surface area contributed by atoms with Crippen LogP contribution in [0.3, 0.4) is 0 Å². The van der Waals surface area contributed by atoms with Crippen molar-refractivity contribution in [1.29, 1.82) is 0 Å². The zero-order valence-corrected chi connectivity index (χ0v) is 14.7. The van der Waals surface area contributed by atoms with Gasteiger partial charge in [-0.25, -0.2) is 17.6 Å². The highest BCUT2D eigenvalue weighted by Crippen LogP contribution is 2.40. The van der Waals surface area contributed by atoms with Crippen LogP contribution in [0.25, 0.3) is 0 Å². The van der Waals surface area contributed by atoms with Gasteiger partial charge in [0.15, 0.2) is 9.84 Å². The van der Waals surface area contributed by atoms with E-state index in [9.17, 15) is 13.2 Å². The quantitative estimate of drug-likeness (QED) is 0.836. The van der Waals surface area contributed by atoms with Crippen molar-refractivity contribution in [2.45, 2.75) is 44.9 Å². The summed E-state index contributed by atoms with van der Waals surface area (Å²) in [6.45, 7) is 4.24. The van der Waals surface area contributed by atoms with Gasteiger partial charge in [-0.15, -0.1) is 0 Å². The van der Waals surface area contributed by atoms with Gasteiger partial charge in [0.25, 0.3) is 0 Å². The Bertz CT molecular complexity index is 748. The summed E-state index contributed by atoms with van der Waals surface area (Å²) in [5, 5.41) is 0. The SMILES string of the molecule is CC[C@H]1CN(c2ccc(C3(F)CCS(=O)(=O)CC3)c(C)c2)C(=O)O1. The first-order chi connectivity index (χ1) is 11.2. The second-order valence-corrected chi connectivity index (χ2v) is 8.94. The van der Waals surface area contributed by atoms with E-state index in [4.69, 9.17) is 4.74 Å². The number of alkyl halides is 1. The van der Waals surface area contributed by atoms with Crippen LogP contribution in [0.1, 0.15) is 37.3 Å². The van der Waals surface area contributed by atoms with E-state index in [2.05, 4.69) is 0 Å². The first-order valence-corrected chi connectivity index (χ1v) is 10.0. The molecule has 1 aromatic rings. The Morgan fingerprint density at radius 2 is 2.00 bits per heavy atom. The molecule has 132 valence electrons. The fourth-order valence-electron chi connectivity index (χ4n) is 3.39. The minimum absolute atomic E-state index is 0.0147. The van der Waals surface area contributed by atoms with Crippen LogP contribution in [-0.2, 0) is 20.2 Å². The molecule has 24 heavy (non-hydrogen) atoms. The number of benzene rings is 1. The van der Waals surface area contributed by atoms with Crippen molar-refractivity contribution in [2.75, 3.05) is 23.0 Å². The van der Waals surface area contributed by atoms with Crippen LogP contribution < -0.4 is 4.90 Å². The van der Waals surface area contributed by atoms with E-state index in [1.165, 1.54) is 0 Å². The van der Waals surface area contributed by atoms with E-state index in [1.54, 1.807) is 30.0 Å². The lowest BCUT2D eigenvalue weighted by Crippen LogP contribution is -2.34. The Hall–Kier alpha value is -1.63. The molecule has 1 aromatic carbocycles. The standard InChI is InChI=1S/C17H22FNO4S/c1-3-14-11-19(16(20)23-14)13-4-5-15(12(2)10-13)17(18)6-8-24(21,22)9-7-17/h4-5,10,14H,3,6-9,11H2,1-2H3/t14-/m0/s1. The van der Waals surface area contributed by atoms with Gasteiger partial charge in [0.1, 0.15) is 11.8 Å². The maximum atomic E-state index is 15.2. The third kappa shape index (κ3) is 3.14. The molecule has 0 bridgehead atoms. The number of sulfone groups is 1. The average molecular weight is 355 g/mol. The Labute approximate surface area is 141 Å². The lowest BCUT2D eigenvalue weighted by atomic mass is 9.87. The van der Waals surface area contributed by atoms with Crippen molar-refractivity contribution in [3.05, 3.63) is 29.3 Å². The van der Waals surface area contributed by atoms with Gasteiger partial charge in [0.05, 0.1) is 18.1 Å². The Morgan fingerprint density at radius 1 is 1.33 bits per heavy atom. The molecule has 1 atom stereocenters. The summed E-state index contributed by atoms with van der Waals surface area (Å²) < 4.78 is 43.6. The van der Waals surface area contributed by atoms with E-state index in [-0.39, 0.29) is 36.5 Å². The molecule has 7 heteroatoms. The van der Waals surface area contributed by atoms with Crippen LogP contribution in [-0.4, -0.2) is 38.7 Å². The number of halogens is 1. The van der Waals surface area contributed by atoms with Crippen LogP contribution in [0.4, 0.5) is 14.9 Å². The molecule has 0 spiro atoms. The van der Waals surface area contributed by atoms with Gasteiger partial charge in [-0.2, -0.15) is 0 Å². The number of anilines is 1.